The molecule has 1 aromatic heterocycles. The van der Waals surface area contributed by atoms with E-state index in [1.165, 1.54) is 24.9 Å². The number of aromatic nitrogens is 1. The minimum absolute atomic E-state index is 0.0460. The quantitative estimate of drug-likeness (QED) is 0.880. The third-order valence-electron chi connectivity index (χ3n) is 4.73. The van der Waals surface area contributed by atoms with Crippen LogP contribution < -0.4 is 10.2 Å². The second kappa shape index (κ2) is 6.55. The summed E-state index contributed by atoms with van der Waals surface area (Å²) >= 11 is 0. The molecule has 0 radical (unpaired) electrons. The lowest BCUT2D eigenvalue weighted by atomic mass is 10.0. The number of anilines is 1. The molecule has 4 nitrogen and oxygen atoms in total. The first-order valence-corrected chi connectivity index (χ1v) is 7.87. The Labute approximate surface area is 121 Å². The Hall–Kier alpha value is -1.13. The fraction of sp³-hybridized carbons (Fsp3) is 0.688. The third-order valence-corrected chi connectivity index (χ3v) is 4.73. The van der Waals surface area contributed by atoms with Crippen LogP contribution in [0.4, 0.5) is 5.69 Å². The molecule has 1 saturated heterocycles. The molecule has 20 heavy (non-hydrogen) atoms. The van der Waals surface area contributed by atoms with Crippen molar-refractivity contribution in [2.45, 2.75) is 44.2 Å². The Morgan fingerprint density at radius 3 is 2.55 bits per heavy atom. The number of pyridine rings is 1. The summed E-state index contributed by atoms with van der Waals surface area (Å²) in [6, 6.07) is 4.83. The first-order chi connectivity index (χ1) is 9.81. The Balaban J connectivity index is 1.40. The normalized spacial score (nSPS) is 27.9. The van der Waals surface area contributed by atoms with E-state index in [0.717, 1.165) is 32.5 Å². The Morgan fingerprint density at radius 2 is 1.90 bits per heavy atom. The summed E-state index contributed by atoms with van der Waals surface area (Å²) in [5.41, 5.74) is 1.29. The largest absolute Gasteiger partial charge is 0.393 e. The molecule has 1 saturated carbocycles. The number of aliphatic hydroxyl groups excluding tert-OH is 1. The van der Waals surface area contributed by atoms with Gasteiger partial charge in [-0.15, -0.1) is 0 Å². The second-order valence-corrected chi connectivity index (χ2v) is 6.21. The minimum Gasteiger partial charge on any atom is -0.393 e. The van der Waals surface area contributed by atoms with Gasteiger partial charge in [0.15, 0.2) is 0 Å². The van der Waals surface area contributed by atoms with E-state index in [1.807, 2.05) is 12.4 Å². The number of hydrogen-bond acceptors (Lipinski definition) is 4. The van der Waals surface area contributed by atoms with E-state index in [9.17, 15) is 5.11 Å². The number of rotatable bonds is 4. The van der Waals surface area contributed by atoms with Crippen molar-refractivity contribution in [2.75, 3.05) is 24.5 Å². The maximum absolute atomic E-state index is 9.56. The molecule has 110 valence electrons. The van der Waals surface area contributed by atoms with Crippen LogP contribution in [0, 0.1) is 5.92 Å². The first kappa shape index (κ1) is 13.8. The van der Waals surface area contributed by atoms with Gasteiger partial charge in [-0.05, 0) is 56.7 Å². The van der Waals surface area contributed by atoms with Crippen molar-refractivity contribution in [1.29, 1.82) is 0 Å². The Morgan fingerprint density at radius 1 is 1.15 bits per heavy atom. The summed E-state index contributed by atoms with van der Waals surface area (Å²) in [7, 11) is 0. The van der Waals surface area contributed by atoms with Crippen molar-refractivity contribution in [1.82, 2.24) is 10.3 Å². The van der Waals surface area contributed by atoms with Gasteiger partial charge in [0.2, 0.25) is 0 Å². The van der Waals surface area contributed by atoms with Crippen LogP contribution in [0.2, 0.25) is 0 Å². The molecule has 0 spiro atoms. The van der Waals surface area contributed by atoms with Crippen LogP contribution in [0.1, 0.15) is 32.1 Å². The number of piperidine rings is 1. The van der Waals surface area contributed by atoms with Gasteiger partial charge in [-0.1, -0.05) is 0 Å². The van der Waals surface area contributed by atoms with Gasteiger partial charge in [-0.2, -0.15) is 0 Å². The number of nitrogens with zero attached hydrogens (tertiary/aromatic N) is 2. The number of aliphatic hydroxyl groups is 1. The van der Waals surface area contributed by atoms with E-state index in [2.05, 4.69) is 27.3 Å². The summed E-state index contributed by atoms with van der Waals surface area (Å²) in [6.45, 7) is 3.32. The van der Waals surface area contributed by atoms with Crippen LogP contribution in [0.5, 0.6) is 0 Å². The van der Waals surface area contributed by atoms with E-state index in [-0.39, 0.29) is 6.10 Å². The van der Waals surface area contributed by atoms with Crippen molar-refractivity contribution >= 4 is 5.69 Å². The number of nitrogens with one attached hydrogen (secondary N) is 1. The zero-order chi connectivity index (χ0) is 13.8. The van der Waals surface area contributed by atoms with E-state index >= 15 is 0 Å². The van der Waals surface area contributed by atoms with E-state index in [1.54, 1.807) is 0 Å². The molecule has 0 bridgehead atoms. The molecule has 2 aliphatic rings. The lowest BCUT2D eigenvalue weighted by Crippen LogP contribution is -2.43. The van der Waals surface area contributed by atoms with Gasteiger partial charge >= 0.3 is 0 Å². The third kappa shape index (κ3) is 3.49. The zero-order valence-corrected chi connectivity index (χ0v) is 12.0. The van der Waals surface area contributed by atoms with Crippen LogP contribution in [0.3, 0.4) is 0 Å². The fourth-order valence-corrected chi connectivity index (χ4v) is 3.46. The lowest BCUT2D eigenvalue weighted by molar-refractivity contribution is 0.177. The van der Waals surface area contributed by atoms with Gasteiger partial charge in [0, 0.05) is 37.2 Å². The molecule has 2 N–H and O–H groups in total. The molecule has 1 aliphatic carbocycles. The van der Waals surface area contributed by atoms with Gasteiger partial charge in [0.25, 0.3) is 0 Å². The second-order valence-electron chi connectivity index (χ2n) is 6.21. The average molecular weight is 275 g/mol. The molecule has 2 heterocycles. The van der Waals surface area contributed by atoms with E-state index < -0.39 is 0 Å². The highest BCUT2D eigenvalue weighted by Gasteiger charge is 2.24. The van der Waals surface area contributed by atoms with E-state index in [4.69, 9.17) is 0 Å². The summed E-state index contributed by atoms with van der Waals surface area (Å²) in [6.07, 6.45) is 9.26. The highest BCUT2D eigenvalue weighted by Crippen LogP contribution is 2.25. The molecule has 2 fully saturated rings. The molecular formula is C16H25N3O. The van der Waals surface area contributed by atoms with Gasteiger partial charge in [0.1, 0.15) is 0 Å². The number of hydrogen-bond donors (Lipinski definition) is 2. The van der Waals surface area contributed by atoms with Crippen molar-refractivity contribution < 1.29 is 5.11 Å². The maximum atomic E-state index is 9.56. The first-order valence-electron chi connectivity index (χ1n) is 7.87. The van der Waals surface area contributed by atoms with Crippen LogP contribution in [-0.4, -0.2) is 41.9 Å². The SMILES string of the molecule is OC1CCC(CNC2CCN(c3ccncc3)CC2)C1. The van der Waals surface area contributed by atoms with Gasteiger partial charge in [0.05, 0.1) is 6.10 Å². The standard InChI is InChI=1S/C16H25N3O/c20-16-2-1-13(11-16)12-18-14-5-9-19(10-6-14)15-3-7-17-8-4-15/h3-4,7-8,13-14,16,18,20H,1-2,5-6,9-12H2. The lowest BCUT2D eigenvalue weighted by Gasteiger charge is -2.34. The molecule has 0 aromatic carbocycles. The minimum atomic E-state index is -0.0460. The van der Waals surface area contributed by atoms with Crippen LogP contribution in [0.15, 0.2) is 24.5 Å². The summed E-state index contributed by atoms with van der Waals surface area (Å²) in [4.78, 5) is 6.52. The average Bonchev–Trinajstić information content (AvgIpc) is 2.92. The van der Waals surface area contributed by atoms with Crippen molar-refractivity contribution in [3.63, 3.8) is 0 Å². The predicted molar refractivity (Wildman–Crippen MR) is 80.8 cm³/mol. The molecule has 1 aliphatic heterocycles. The zero-order valence-electron chi connectivity index (χ0n) is 12.0. The van der Waals surface area contributed by atoms with Gasteiger partial charge < -0.3 is 15.3 Å². The fourth-order valence-electron chi connectivity index (χ4n) is 3.46. The molecule has 4 heteroatoms. The topological polar surface area (TPSA) is 48.4 Å². The van der Waals surface area contributed by atoms with Crippen molar-refractivity contribution in [3.8, 4) is 0 Å². The van der Waals surface area contributed by atoms with Crippen LogP contribution >= 0.6 is 0 Å². The summed E-state index contributed by atoms with van der Waals surface area (Å²) in [5.74, 6) is 0.684. The molecule has 2 unspecified atom stereocenters. The Bertz CT molecular complexity index is 403. The summed E-state index contributed by atoms with van der Waals surface area (Å²) < 4.78 is 0. The molecule has 1 aromatic rings. The maximum Gasteiger partial charge on any atom is 0.0543 e. The molecular weight excluding hydrogens is 250 g/mol. The van der Waals surface area contributed by atoms with Crippen LogP contribution in [0.25, 0.3) is 0 Å². The van der Waals surface area contributed by atoms with Crippen LogP contribution in [-0.2, 0) is 0 Å². The highest BCUT2D eigenvalue weighted by molar-refractivity contribution is 5.44. The van der Waals surface area contributed by atoms with Crippen molar-refractivity contribution in [3.05, 3.63) is 24.5 Å². The smallest absolute Gasteiger partial charge is 0.0543 e. The molecule has 0 amide bonds. The van der Waals surface area contributed by atoms with Gasteiger partial charge in [-0.3, -0.25) is 4.98 Å². The predicted octanol–water partition coefficient (Wildman–Crippen LogP) is 1.80. The van der Waals surface area contributed by atoms with E-state index in [0.29, 0.717) is 12.0 Å². The molecule has 3 rings (SSSR count). The monoisotopic (exact) mass is 275 g/mol. The molecule has 2 atom stereocenters. The van der Waals surface area contributed by atoms with Gasteiger partial charge in [-0.25, -0.2) is 0 Å². The summed E-state index contributed by atoms with van der Waals surface area (Å²) in [5, 5.41) is 13.3. The van der Waals surface area contributed by atoms with Crippen molar-refractivity contribution in [2.24, 2.45) is 5.92 Å². The highest BCUT2D eigenvalue weighted by atomic mass is 16.3. The Kier molecular flexibility index (Phi) is 4.53.